The van der Waals surface area contributed by atoms with Crippen LogP contribution < -0.4 is 9.88 Å². The van der Waals surface area contributed by atoms with Crippen LogP contribution in [0.25, 0.3) is 0 Å². The topological polar surface area (TPSA) is 113 Å². The molecule has 32 heavy (non-hydrogen) atoms. The quantitative estimate of drug-likeness (QED) is 0.369. The number of aromatic amines is 1. The first-order chi connectivity index (χ1) is 15.4. The lowest BCUT2D eigenvalue weighted by Crippen LogP contribution is -2.45. The van der Waals surface area contributed by atoms with Gasteiger partial charge < -0.3 is 4.90 Å². The molecular weight excluding hydrogens is 432 g/mol. The number of H-pyrrole nitrogens is 1. The van der Waals surface area contributed by atoms with Crippen molar-refractivity contribution in [3.8, 4) is 0 Å². The van der Waals surface area contributed by atoms with Gasteiger partial charge in [-0.05, 0) is 30.5 Å². The molecule has 2 aliphatic heterocycles. The Morgan fingerprint density at radius 1 is 0.969 bits per heavy atom. The Kier molecular flexibility index (Phi) is 6.66. The second-order valence-corrected chi connectivity index (χ2v) is 9.80. The number of piperidine rings is 1. The first-order valence-corrected chi connectivity index (χ1v) is 12.2. The molecule has 2 aromatic rings. The molecule has 0 amide bonds. The van der Waals surface area contributed by atoms with Gasteiger partial charge in [0.2, 0.25) is 0 Å². The molecule has 0 radical (unpaired) electrons. The van der Waals surface area contributed by atoms with Crippen molar-refractivity contribution >= 4 is 27.6 Å². The second kappa shape index (κ2) is 9.61. The van der Waals surface area contributed by atoms with Crippen molar-refractivity contribution in [2.75, 3.05) is 44.2 Å². The van der Waals surface area contributed by atoms with Crippen LogP contribution in [0.4, 0.5) is 11.4 Å². The van der Waals surface area contributed by atoms with E-state index in [9.17, 15) is 18.5 Å². The molecule has 0 saturated carbocycles. The number of non-ortho nitro benzene ring substituents is 1. The van der Waals surface area contributed by atoms with Crippen LogP contribution >= 0.6 is 0 Å². The average Bonchev–Trinajstić information content (AvgIpc) is 2.84. The normalized spacial score (nSPS) is 18.2. The molecule has 2 saturated heterocycles. The van der Waals surface area contributed by atoms with E-state index < -0.39 is 14.9 Å². The number of anilines is 1. The van der Waals surface area contributed by atoms with Crippen molar-refractivity contribution in [1.29, 1.82) is 0 Å². The van der Waals surface area contributed by atoms with Gasteiger partial charge in [0, 0.05) is 44.4 Å². The van der Waals surface area contributed by atoms with E-state index in [-0.39, 0.29) is 5.69 Å². The van der Waals surface area contributed by atoms with Crippen LogP contribution in [-0.2, 0) is 10.0 Å². The molecule has 1 N–H and O–H groups in total. The van der Waals surface area contributed by atoms with Gasteiger partial charge in [0.25, 0.3) is 15.7 Å². The Balaban J connectivity index is 1.42. The number of nitrogens with one attached hydrogen (secondary N) is 1. The van der Waals surface area contributed by atoms with Crippen LogP contribution in [0.3, 0.4) is 0 Å². The van der Waals surface area contributed by atoms with Crippen molar-refractivity contribution < 1.29 is 18.3 Å². The molecule has 2 fully saturated rings. The van der Waals surface area contributed by atoms with Gasteiger partial charge in [0.15, 0.2) is 17.3 Å². The lowest BCUT2D eigenvalue weighted by molar-refractivity contribution is -0.384. The van der Waals surface area contributed by atoms with Gasteiger partial charge in [0.05, 0.1) is 29.9 Å². The standard InChI is InChI=1S/C21H26N6O4S/c28-27(29)19-6-4-18(5-7-19)16-23-25-14-12-24(13-15-25)20-8-9-22-17-21(20)32(30,31)26-10-2-1-3-11-26/h4-9,16-17H,1-3,10-15H2/p+1/b23-16-. The monoisotopic (exact) mass is 459 g/mol. The smallest absolute Gasteiger partial charge is 0.269 e. The number of nitrogens with zero attached hydrogens (tertiary/aromatic N) is 5. The van der Waals surface area contributed by atoms with Crippen molar-refractivity contribution in [3.63, 3.8) is 0 Å². The van der Waals surface area contributed by atoms with Gasteiger partial charge >= 0.3 is 0 Å². The maximum atomic E-state index is 13.2. The summed E-state index contributed by atoms with van der Waals surface area (Å²) in [7, 11) is -3.54. The summed E-state index contributed by atoms with van der Waals surface area (Å²) in [5.74, 6) is 0. The SMILES string of the molecule is O=[N+]([O-])c1ccc(/C=N\N2CCN(c3cc[nH+]cc3S(=O)(=O)N3CCCCC3)CC2)cc1. The predicted molar refractivity (Wildman–Crippen MR) is 120 cm³/mol. The highest BCUT2D eigenvalue weighted by atomic mass is 32.2. The van der Waals surface area contributed by atoms with E-state index in [0.29, 0.717) is 49.9 Å². The maximum Gasteiger partial charge on any atom is 0.269 e. The number of hydrazone groups is 1. The Morgan fingerprint density at radius 2 is 1.66 bits per heavy atom. The molecule has 10 nitrogen and oxygen atoms in total. The molecule has 2 aliphatic rings. The molecule has 1 aromatic heterocycles. The fraction of sp³-hybridized carbons (Fsp3) is 0.429. The third kappa shape index (κ3) is 4.89. The highest BCUT2D eigenvalue weighted by Crippen LogP contribution is 2.28. The fourth-order valence-electron chi connectivity index (χ4n) is 4.00. The zero-order valence-electron chi connectivity index (χ0n) is 17.8. The van der Waals surface area contributed by atoms with E-state index in [1.54, 1.807) is 35.0 Å². The van der Waals surface area contributed by atoms with Crippen LogP contribution in [0, 0.1) is 10.1 Å². The number of nitro groups is 1. The number of rotatable bonds is 6. The van der Waals surface area contributed by atoms with Crippen LogP contribution in [0.15, 0.2) is 52.7 Å². The van der Waals surface area contributed by atoms with Crippen molar-refractivity contribution in [1.82, 2.24) is 9.31 Å². The molecule has 0 atom stereocenters. The molecule has 0 spiro atoms. The Bertz CT molecular complexity index is 1080. The minimum atomic E-state index is -3.54. The Labute approximate surface area is 187 Å². The molecule has 11 heteroatoms. The van der Waals surface area contributed by atoms with Crippen LogP contribution in [0.5, 0.6) is 0 Å². The van der Waals surface area contributed by atoms with E-state index in [1.165, 1.54) is 12.1 Å². The minimum Gasteiger partial charge on any atom is -0.366 e. The summed E-state index contributed by atoms with van der Waals surface area (Å²) >= 11 is 0. The lowest BCUT2D eigenvalue weighted by Gasteiger charge is -2.35. The lowest BCUT2D eigenvalue weighted by atomic mass is 10.2. The third-order valence-electron chi connectivity index (χ3n) is 5.81. The molecule has 0 bridgehead atoms. The minimum absolute atomic E-state index is 0.0474. The van der Waals surface area contributed by atoms with Gasteiger partial charge in [-0.1, -0.05) is 6.42 Å². The molecule has 170 valence electrons. The van der Waals surface area contributed by atoms with Gasteiger partial charge in [-0.3, -0.25) is 15.1 Å². The molecule has 0 aliphatic carbocycles. The van der Waals surface area contributed by atoms with Crippen molar-refractivity contribution in [2.45, 2.75) is 24.2 Å². The summed E-state index contributed by atoms with van der Waals surface area (Å²) < 4.78 is 28.1. The number of benzene rings is 1. The first kappa shape index (κ1) is 22.2. The maximum absolute atomic E-state index is 13.2. The number of piperazine rings is 1. The largest absolute Gasteiger partial charge is 0.366 e. The summed E-state index contributed by atoms with van der Waals surface area (Å²) in [6.07, 6.45) is 7.89. The predicted octanol–water partition coefficient (Wildman–Crippen LogP) is 1.74. The van der Waals surface area contributed by atoms with Crippen molar-refractivity contribution in [3.05, 3.63) is 58.4 Å². The van der Waals surface area contributed by atoms with E-state index in [4.69, 9.17) is 0 Å². The Hall–Kier alpha value is -3.05. The summed E-state index contributed by atoms with van der Waals surface area (Å²) in [6.45, 7) is 3.72. The molecule has 3 heterocycles. The zero-order chi connectivity index (χ0) is 22.6. The van der Waals surface area contributed by atoms with Crippen LogP contribution in [-0.4, -0.2) is 68.1 Å². The number of nitro benzene ring substituents is 1. The molecule has 0 unspecified atom stereocenters. The van der Waals surface area contributed by atoms with Crippen LogP contribution in [0.1, 0.15) is 24.8 Å². The third-order valence-corrected chi connectivity index (χ3v) is 7.74. The number of hydrogen-bond donors (Lipinski definition) is 0. The summed E-state index contributed by atoms with van der Waals surface area (Å²) in [4.78, 5) is 15.7. The Morgan fingerprint density at radius 3 is 2.31 bits per heavy atom. The summed E-state index contributed by atoms with van der Waals surface area (Å²) in [5.41, 5.74) is 1.55. The molecule has 1 aromatic carbocycles. The van der Waals surface area contributed by atoms with Crippen LogP contribution in [0.2, 0.25) is 0 Å². The van der Waals surface area contributed by atoms with E-state index in [2.05, 4.69) is 15.0 Å². The fourth-order valence-corrected chi connectivity index (χ4v) is 5.70. The van der Waals surface area contributed by atoms with Gasteiger partial charge in [0.1, 0.15) is 0 Å². The van der Waals surface area contributed by atoms with E-state index in [0.717, 1.165) is 24.8 Å². The van der Waals surface area contributed by atoms with Crippen molar-refractivity contribution in [2.24, 2.45) is 5.10 Å². The van der Waals surface area contributed by atoms with E-state index in [1.807, 2.05) is 11.1 Å². The number of sulfonamides is 1. The summed E-state index contributed by atoms with van der Waals surface area (Å²) in [5, 5.41) is 17.2. The molecular formula is C21H27N6O4S+. The molecule has 4 rings (SSSR count). The highest BCUT2D eigenvalue weighted by Gasteiger charge is 2.32. The number of hydrogen-bond acceptors (Lipinski definition) is 7. The van der Waals surface area contributed by atoms with E-state index >= 15 is 0 Å². The number of pyridine rings is 1. The first-order valence-electron chi connectivity index (χ1n) is 10.7. The second-order valence-electron chi connectivity index (χ2n) is 7.89. The zero-order valence-corrected chi connectivity index (χ0v) is 18.6. The average molecular weight is 460 g/mol. The highest BCUT2D eigenvalue weighted by molar-refractivity contribution is 7.89. The van der Waals surface area contributed by atoms with Gasteiger partial charge in [-0.2, -0.15) is 9.41 Å². The van der Waals surface area contributed by atoms with Gasteiger partial charge in [-0.25, -0.2) is 13.4 Å². The number of aromatic nitrogens is 1. The summed E-state index contributed by atoms with van der Waals surface area (Å²) in [6, 6.07) is 8.06. The van der Waals surface area contributed by atoms with Gasteiger partial charge in [-0.15, -0.1) is 0 Å².